The molecule has 1 atom stereocenters. The Morgan fingerprint density at radius 3 is 2.25 bits per heavy atom. The number of benzene rings is 1. The molecule has 0 saturated carbocycles. The molecule has 3 rings (SSSR count). The van der Waals surface area contributed by atoms with E-state index >= 15 is 0 Å². The van der Waals surface area contributed by atoms with Crippen LogP contribution in [0.4, 0.5) is 0 Å². The van der Waals surface area contributed by atoms with E-state index < -0.39 is 10.0 Å². The Hall–Kier alpha value is -1.44. The van der Waals surface area contributed by atoms with Gasteiger partial charge in [0.25, 0.3) is 0 Å². The lowest BCUT2D eigenvalue weighted by Gasteiger charge is -2.34. The number of rotatable bonds is 4. The van der Waals surface area contributed by atoms with Crippen molar-refractivity contribution in [1.82, 2.24) is 14.5 Å². The van der Waals surface area contributed by atoms with Gasteiger partial charge in [-0.05, 0) is 77.7 Å². The summed E-state index contributed by atoms with van der Waals surface area (Å²) in [7, 11) is -1.51. The maximum Gasteiger partial charge on any atom is 0.243 e. The van der Waals surface area contributed by atoms with Crippen molar-refractivity contribution >= 4 is 15.9 Å². The van der Waals surface area contributed by atoms with Crippen molar-refractivity contribution in [2.24, 2.45) is 5.92 Å². The lowest BCUT2D eigenvalue weighted by atomic mass is 9.97. The summed E-state index contributed by atoms with van der Waals surface area (Å²) < 4.78 is 28.2. The first-order valence-corrected chi connectivity index (χ1v) is 11.7. The minimum atomic E-state index is -3.60. The maximum atomic E-state index is 13.3. The fourth-order valence-corrected chi connectivity index (χ4v) is 6.48. The summed E-state index contributed by atoms with van der Waals surface area (Å²) in [5, 5.41) is 3.16. The molecule has 2 aliphatic rings. The van der Waals surface area contributed by atoms with Gasteiger partial charge in [-0.3, -0.25) is 4.79 Å². The van der Waals surface area contributed by atoms with Gasteiger partial charge in [0.05, 0.1) is 10.8 Å². The largest absolute Gasteiger partial charge is 0.353 e. The topological polar surface area (TPSA) is 69.7 Å². The van der Waals surface area contributed by atoms with Gasteiger partial charge in [-0.2, -0.15) is 4.31 Å². The highest BCUT2D eigenvalue weighted by Gasteiger charge is 2.35. The quantitative estimate of drug-likeness (QED) is 0.831. The predicted molar refractivity (Wildman–Crippen MR) is 111 cm³/mol. The molecule has 0 spiro atoms. The average molecular weight is 408 g/mol. The van der Waals surface area contributed by atoms with Crippen LogP contribution in [0, 0.1) is 26.7 Å². The van der Waals surface area contributed by atoms with E-state index in [0.29, 0.717) is 17.9 Å². The van der Waals surface area contributed by atoms with Crippen LogP contribution in [0.15, 0.2) is 17.0 Å². The molecule has 0 aliphatic carbocycles. The molecule has 0 aromatic heterocycles. The van der Waals surface area contributed by atoms with Gasteiger partial charge in [0.2, 0.25) is 15.9 Å². The van der Waals surface area contributed by atoms with E-state index in [0.717, 1.165) is 49.0 Å². The second-order valence-corrected chi connectivity index (χ2v) is 10.4. The van der Waals surface area contributed by atoms with E-state index in [4.69, 9.17) is 0 Å². The molecule has 0 unspecified atom stereocenters. The molecule has 1 N–H and O–H groups in total. The normalized spacial score (nSPS) is 22.9. The van der Waals surface area contributed by atoms with Crippen molar-refractivity contribution in [3.8, 4) is 0 Å². The fraction of sp³-hybridized carbons (Fsp3) is 0.667. The predicted octanol–water partition coefficient (Wildman–Crippen LogP) is 2.22. The molecule has 1 aromatic carbocycles. The number of hydrogen-bond donors (Lipinski definition) is 1. The zero-order valence-corrected chi connectivity index (χ0v) is 18.3. The third-order valence-corrected chi connectivity index (χ3v) is 8.19. The van der Waals surface area contributed by atoms with Crippen molar-refractivity contribution < 1.29 is 13.2 Å². The Balaban J connectivity index is 1.71. The standard InChI is InChI=1S/C21H33N3O3S/c1-15-12-16(2)20(17(3)13-15)28(26,27)24-9-5-6-18(14-24)21(25)22-19-7-10-23(4)11-8-19/h12-13,18-19H,5-11,14H2,1-4H3,(H,22,25)/t18-/m0/s1. The van der Waals surface area contributed by atoms with Crippen LogP contribution in [0.2, 0.25) is 0 Å². The first kappa shape index (κ1) is 21.3. The van der Waals surface area contributed by atoms with Gasteiger partial charge in [-0.1, -0.05) is 17.7 Å². The van der Waals surface area contributed by atoms with Crippen LogP contribution in [-0.4, -0.2) is 62.8 Å². The van der Waals surface area contributed by atoms with Crippen molar-refractivity contribution in [2.45, 2.75) is 57.4 Å². The number of carbonyl (C=O) groups excluding carboxylic acids is 1. The molecule has 0 radical (unpaired) electrons. The molecule has 1 amide bonds. The van der Waals surface area contributed by atoms with Crippen LogP contribution < -0.4 is 5.32 Å². The Morgan fingerprint density at radius 2 is 1.64 bits per heavy atom. The lowest BCUT2D eigenvalue weighted by molar-refractivity contribution is -0.127. The van der Waals surface area contributed by atoms with Gasteiger partial charge in [-0.15, -0.1) is 0 Å². The first-order chi connectivity index (χ1) is 13.2. The van der Waals surface area contributed by atoms with Crippen LogP contribution in [0.5, 0.6) is 0 Å². The SMILES string of the molecule is Cc1cc(C)c(S(=O)(=O)N2CCC[C@H](C(=O)NC3CCN(C)CC3)C2)c(C)c1. The minimum Gasteiger partial charge on any atom is -0.353 e. The van der Waals surface area contributed by atoms with Gasteiger partial charge in [0, 0.05) is 19.1 Å². The lowest BCUT2D eigenvalue weighted by Crippen LogP contribution is -2.49. The highest BCUT2D eigenvalue weighted by atomic mass is 32.2. The number of aryl methyl sites for hydroxylation is 3. The van der Waals surface area contributed by atoms with Gasteiger partial charge in [0.15, 0.2) is 0 Å². The number of hydrogen-bond acceptors (Lipinski definition) is 4. The van der Waals surface area contributed by atoms with Gasteiger partial charge < -0.3 is 10.2 Å². The van der Waals surface area contributed by atoms with Crippen LogP contribution in [0.3, 0.4) is 0 Å². The van der Waals surface area contributed by atoms with Crippen molar-refractivity contribution in [3.05, 3.63) is 28.8 Å². The second kappa shape index (κ2) is 8.51. The summed E-state index contributed by atoms with van der Waals surface area (Å²) in [6.07, 6.45) is 3.38. The molecular weight excluding hydrogens is 374 g/mol. The highest BCUT2D eigenvalue weighted by Crippen LogP contribution is 2.29. The van der Waals surface area contributed by atoms with E-state index in [2.05, 4.69) is 17.3 Å². The summed E-state index contributed by atoms with van der Waals surface area (Å²) >= 11 is 0. The highest BCUT2D eigenvalue weighted by molar-refractivity contribution is 7.89. The van der Waals surface area contributed by atoms with Crippen LogP contribution in [0.25, 0.3) is 0 Å². The van der Waals surface area contributed by atoms with E-state index in [1.807, 2.05) is 32.9 Å². The third-order valence-electron chi connectivity index (χ3n) is 6.02. The van der Waals surface area contributed by atoms with E-state index in [1.54, 1.807) is 0 Å². The molecule has 6 nitrogen and oxygen atoms in total. The molecule has 2 aliphatic heterocycles. The molecule has 7 heteroatoms. The smallest absolute Gasteiger partial charge is 0.243 e. The molecule has 1 aromatic rings. The molecule has 2 saturated heterocycles. The third kappa shape index (κ3) is 4.58. The second-order valence-electron chi connectivity index (χ2n) is 8.52. The fourth-order valence-electron chi connectivity index (χ4n) is 4.55. The maximum absolute atomic E-state index is 13.3. The first-order valence-electron chi connectivity index (χ1n) is 10.3. The van der Waals surface area contributed by atoms with Crippen LogP contribution >= 0.6 is 0 Å². The summed E-state index contributed by atoms with van der Waals surface area (Å²) in [5.74, 6) is -0.263. The molecular formula is C21H33N3O3S. The number of amides is 1. The number of carbonyl (C=O) groups is 1. The van der Waals surface area contributed by atoms with Crippen LogP contribution in [-0.2, 0) is 14.8 Å². The van der Waals surface area contributed by atoms with Crippen molar-refractivity contribution in [3.63, 3.8) is 0 Å². The van der Waals surface area contributed by atoms with E-state index in [1.165, 1.54) is 4.31 Å². The van der Waals surface area contributed by atoms with Gasteiger partial charge in [-0.25, -0.2) is 8.42 Å². The summed E-state index contributed by atoms with van der Waals surface area (Å²) in [5.41, 5.74) is 2.61. The Morgan fingerprint density at radius 1 is 1.04 bits per heavy atom. The van der Waals surface area contributed by atoms with E-state index in [-0.39, 0.29) is 24.4 Å². The van der Waals surface area contributed by atoms with Gasteiger partial charge in [0.1, 0.15) is 0 Å². The van der Waals surface area contributed by atoms with Crippen molar-refractivity contribution in [1.29, 1.82) is 0 Å². The summed E-state index contributed by atoms with van der Waals surface area (Å²) in [4.78, 5) is 15.5. The number of likely N-dealkylation sites (tertiary alicyclic amines) is 1. The number of nitrogens with zero attached hydrogens (tertiary/aromatic N) is 2. The number of nitrogens with one attached hydrogen (secondary N) is 1. The monoisotopic (exact) mass is 407 g/mol. The number of piperidine rings is 2. The minimum absolute atomic E-state index is 0.00630. The number of sulfonamides is 1. The molecule has 0 bridgehead atoms. The van der Waals surface area contributed by atoms with Crippen LogP contribution in [0.1, 0.15) is 42.4 Å². The van der Waals surface area contributed by atoms with Crippen molar-refractivity contribution in [2.75, 3.05) is 33.2 Å². The van der Waals surface area contributed by atoms with Gasteiger partial charge >= 0.3 is 0 Å². The molecule has 156 valence electrons. The zero-order valence-electron chi connectivity index (χ0n) is 17.5. The Labute approximate surface area is 169 Å². The average Bonchev–Trinajstić information content (AvgIpc) is 2.62. The molecule has 28 heavy (non-hydrogen) atoms. The summed E-state index contributed by atoms with van der Waals surface area (Å²) in [6.45, 7) is 8.40. The Kier molecular flexibility index (Phi) is 6.47. The zero-order chi connectivity index (χ0) is 20.5. The summed E-state index contributed by atoms with van der Waals surface area (Å²) in [6, 6.07) is 4.03. The Bertz CT molecular complexity index is 806. The van der Waals surface area contributed by atoms with E-state index in [9.17, 15) is 13.2 Å². The molecule has 2 fully saturated rings. The molecule has 2 heterocycles.